The van der Waals surface area contributed by atoms with E-state index >= 15 is 0 Å². The number of hydrogen-bond acceptors (Lipinski definition) is 0. The first-order chi connectivity index (χ1) is 7.91. The molecule has 92 valence electrons. The van der Waals surface area contributed by atoms with Crippen molar-refractivity contribution < 1.29 is 0 Å². The molecule has 0 saturated carbocycles. The summed E-state index contributed by atoms with van der Waals surface area (Å²) in [5, 5.41) is 0. The Bertz CT molecular complexity index is 194. The summed E-state index contributed by atoms with van der Waals surface area (Å²) >= 11 is 0. The molecule has 0 heterocycles. The second-order valence-electron chi connectivity index (χ2n) is 4.42. The SMILES string of the molecule is C=C=CC=CCCCCCCCCCCC. The Morgan fingerprint density at radius 3 is 2.00 bits per heavy atom. The predicted octanol–water partition coefficient (Wildman–Crippen LogP) is 5.80. The molecule has 0 bridgehead atoms. The van der Waals surface area contributed by atoms with Gasteiger partial charge in [0, 0.05) is 0 Å². The lowest BCUT2D eigenvalue weighted by Crippen LogP contribution is -1.80. The first kappa shape index (κ1) is 15.3. The third-order valence-corrected chi connectivity index (χ3v) is 2.82. The quantitative estimate of drug-likeness (QED) is 0.234. The van der Waals surface area contributed by atoms with Gasteiger partial charge in [0.2, 0.25) is 0 Å². The minimum atomic E-state index is 1.20. The van der Waals surface area contributed by atoms with E-state index in [0.29, 0.717) is 0 Å². The molecule has 0 heteroatoms. The van der Waals surface area contributed by atoms with Crippen LogP contribution in [-0.4, -0.2) is 0 Å². The molecule has 0 aromatic rings. The minimum absolute atomic E-state index is 1.20. The highest BCUT2D eigenvalue weighted by Crippen LogP contribution is 2.10. The maximum atomic E-state index is 3.52. The van der Waals surface area contributed by atoms with Crippen LogP contribution in [0.2, 0.25) is 0 Å². The van der Waals surface area contributed by atoms with Crippen LogP contribution in [0.1, 0.15) is 71.1 Å². The molecule has 0 fully saturated rings. The largest absolute Gasteiger partial charge is 0.129 e. The molecule has 0 amide bonds. The lowest BCUT2D eigenvalue weighted by molar-refractivity contribution is 0.566. The summed E-state index contributed by atoms with van der Waals surface area (Å²) < 4.78 is 0. The fourth-order valence-corrected chi connectivity index (χ4v) is 1.81. The highest BCUT2D eigenvalue weighted by Gasteiger charge is 1.90. The summed E-state index contributed by atoms with van der Waals surface area (Å²) in [5.74, 6) is 0. The van der Waals surface area contributed by atoms with Gasteiger partial charge in [0.15, 0.2) is 0 Å². The van der Waals surface area contributed by atoms with Gasteiger partial charge in [-0.05, 0) is 18.9 Å². The fraction of sp³-hybridized carbons (Fsp3) is 0.688. The third kappa shape index (κ3) is 13.3. The molecule has 0 aromatic heterocycles. The molecule has 0 rings (SSSR count). The van der Waals surface area contributed by atoms with Crippen molar-refractivity contribution >= 4 is 0 Å². The predicted molar refractivity (Wildman–Crippen MR) is 74.7 cm³/mol. The zero-order chi connectivity index (χ0) is 11.9. The van der Waals surface area contributed by atoms with E-state index in [-0.39, 0.29) is 0 Å². The summed E-state index contributed by atoms with van der Waals surface area (Å²) in [6.07, 6.45) is 20.0. The molecule has 0 N–H and O–H groups in total. The van der Waals surface area contributed by atoms with Crippen molar-refractivity contribution in [3.05, 3.63) is 30.5 Å². The van der Waals surface area contributed by atoms with Gasteiger partial charge in [0.1, 0.15) is 0 Å². The standard InChI is InChI=1S/C16H28/c1-3-5-7-9-11-13-15-16-14-12-10-8-6-4-2/h5,7,9H,1,4,6,8,10-16H2,2H3. The van der Waals surface area contributed by atoms with Gasteiger partial charge < -0.3 is 0 Å². The maximum absolute atomic E-state index is 3.52. The average Bonchev–Trinajstić information content (AvgIpc) is 2.31. The molecule has 0 atom stereocenters. The van der Waals surface area contributed by atoms with E-state index in [1.165, 1.54) is 64.2 Å². The van der Waals surface area contributed by atoms with Gasteiger partial charge in [-0.25, -0.2) is 0 Å². The zero-order valence-corrected chi connectivity index (χ0v) is 11.0. The summed E-state index contributed by atoms with van der Waals surface area (Å²) in [6, 6.07) is 0. The second kappa shape index (κ2) is 14.3. The van der Waals surface area contributed by atoms with Crippen molar-refractivity contribution in [3.8, 4) is 0 Å². The van der Waals surface area contributed by atoms with Gasteiger partial charge in [-0.15, -0.1) is 5.73 Å². The van der Waals surface area contributed by atoms with Gasteiger partial charge in [0.05, 0.1) is 0 Å². The van der Waals surface area contributed by atoms with Crippen LogP contribution in [0.25, 0.3) is 0 Å². The first-order valence-electron chi connectivity index (χ1n) is 6.92. The Hall–Kier alpha value is -0.740. The van der Waals surface area contributed by atoms with Crippen molar-refractivity contribution in [2.45, 2.75) is 71.1 Å². The molecule has 0 radical (unpaired) electrons. The number of unbranched alkanes of at least 4 members (excludes halogenated alkanes) is 9. The van der Waals surface area contributed by atoms with Crippen LogP contribution < -0.4 is 0 Å². The van der Waals surface area contributed by atoms with Crippen molar-refractivity contribution in [2.24, 2.45) is 0 Å². The zero-order valence-electron chi connectivity index (χ0n) is 11.0. The van der Waals surface area contributed by atoms with Crippen molar-refractivity contribution in [2.75, 3.05) is 0 Å². The Morgan fingerprint density at radius 1 is 0.875 bits per heavy atom. The average molecular weight is 220 g/mol. The van der Waals surface area contributed by atoms with Crippen LogP contribution in [0.3, 0.4) is 0 Å². The molecule has 0 spiro atoms. The minimum Gasteiger partial charge on any atom is -0.129 e. The van der Waals surface area contributed by atoms with Gasteiger partial charge >= 0.3 is 0 Å². The van der Waals surface area contributed by atoms with Crippen LogP contribution in [0.4, 0.5) is 0 Å². The van der Waals surface area contributed by atoms with Crippen LogP contribution in [0.5, 0.6) is 0 Å². The normalized spacial score (nSPS) is 10.6. The van der Waals surface area contributed by atoms with Crippen molar-refractivity contribution in [1.29, 1.82) is 0 Å². The summed E-state index contributed by atoms with van der Waals surface area (Å²) in [5.41, 5.74) is 2.74. The maximum Gasteiger partial charge on any atom is -0.0209 e. The van der Waals surface area contributed by atoms with Crippen LogP contribution in [0, 0.1) is 0 Å². The molecule has 0 nitrogen and oxygen atoms in total. The van der Waals surface area contributed by atoms with E-state index < -0.39 is 0 Å². The summed E-state index contributed by atoms with van der Waals surface area (Å²) in [4.78, 5) is 0. The Morgan fingerprint density at radius 2 is 1.44 bits per heavy atom. The van der Waals surface area contributed by atoms with E-state index in [0.717, 1.165) is 0 Å². The highest BCUT2D eigenvalue weighted by atomic mass is 14.0. The topological polar surface area (TPSA) is 0 Å². The molecule has 16 heavy (non-hydrogen) atoms. The van der Waals surface area contributed by atoms with Crippen LogP contribution in [-0.2, 0) is 0 Å². The van der Waals surface area contributed by atoms with Gasteiger partial charge in [-0.1, -0.05) is 77.0 Å². The third-order valence-electron chi connectivity index (χ3n) is 2.82. The monoisotopic (exact) mass is 220 g/mol. The Kier molecular flexibility index (Phi) is 13.6. The lowest BCUT2D eigenvalue weighted by atomic mass is 10.1. The smallest absolute Gasteiger partial charge is 0.0209 e. The highest BCUT2D eigenvalue weighted by molar-refractivity contribution is 4.99. The van der Waals surface area contributed by atoms with Gasteiger partial charge in [-0.2, -0.15) is 0 Å². The molecule has 0 aromatic carbocycles. The van der Waals surface area contributed by atoms with E-state index in [1.807, 2.05) is 12.2 Å². The molecule has 0 aliphatic carbocycles. The van der Waals surface area contributed by atoms with Crippen LogP contribution >= 0.6 is 0 Å². The summed E-state index contributed by atoms with van der Waals surface area (Å²) in [6.45, 7) is 5.79. The van der Waals surface area contributed by atoms with Crippen molar-refractivity contribution in [1.82, 2.24) is 0 Å². The molecular weight excluding hydrogens is 192 g/mol. The molecule has 0 unspecified atom stereocenters. The molecule has 0 aliphatic rings. The van der Waals surface area contributed by atoms with E-state index in [9.17, 15) is 0 Å². The molecular formula is C16H28. The van der Waals surface area contributed by atoms with E-state index in [1.54, 1.807) is 0 Å². The molecule has 0 aliphatic heterocycles. The van der Waals surface area contributed by atoms with Crippen molar-refractivity contribution in [3.63, 3.8) is 0 Å². The van der Waals surface area contributed by atoms with Gasteiger partial charge in [0.25, 0.3) is 0 Å². The number of rotatable bonds is 11. The van der Waals surface area contributed by atoms with E-state index in [2.05, 4.69) is 25.3 Å². The summed E-state index contributed by atoms with van der Waals surface area (Å²) in [7, 11) is 0. The lowest BCUT2D eigenvalue weighted by Gasteiger charge is -2.00. The van der Waals surface area contributed by atoms with Crippen LogP contribution in [0.15, 0.2) is 30.5 Å². The van der Waals surface area contributed by atoms with Gasteiger partial charge in [-0.3, -0.25) is 0 Å². The number of hydrogen-bond donors (Lipinski definition) is 0. The first-order valence-corrected chi connectivity index (χ1v) is 6.92. The fourth-order valence-electron chi connectivity index (χ4n) is 1.81. The Balaban J connectivity index is 3.01. The molecule has 0 saturated heterocycles. The number of allylic oxidation sites excluding steroid dienone is 3. The second-order valence-corrected chi connectivity index (χ2v) is 4.42. The Labute approximate surface area is 102 Å². The van der Waals surface area contributed by atoms with E-state index in [4.69, 9.17) is 0 Å².